The van der Waals surface area contributed by atoms with Gasteiger partial charge in [0, 0.05) is 10.2 Å². The molecule has 2 N–H and O–H groups in total. The number of halogens is 2. The number of hydrogen-bond acceptors (Lipinski definition) is 2. The SMILES string of the molecule is Cc1ccc(NCC(=O)Nc2cccc(Br)c2)c(Cl)c1. The van der Waals surface area contributed by atoms with Gasteiger partial charge < -0.3 is 10.6 Å². The number of hydrogen-bond donors (Lipinski definition) is 2. The van der Waals surface area contributed by atoms with E-state index in [4.69, 9.17) is 11.6 Å². The van der Waals surface area contributed by atoms with Crippen molar-refractivity contribution in [1.29, 1.82) is 0 Å². The summed E-state index contributed by atoms with van der Waals surface area (Å²) in [6, 6.07) is 13.1. The molecule has 0 aliphatic carbocycles. The summed E-state index contributed by atoms with van der Waals surface area (Å²) in [7, 11) is 0. The Morgan fingerprint density at radius 1 is 1.25 bits per heavy atom. The van der Waals surface area contributed by atoms with E-state index in [2.05, 4.69) is 26.6 Å². The maximum absolute atomic E-state index is 11.8. The van der Waals surface area contributed by atoms with Gasteiger partial charge in [0.05, 0.1) is 17.3 Å². The molecule has 0 bridgehead atoms. The number of benzene rings is 2. The van der Waals surface area contributed by atoms with Gasteiger partial charge in [-0.1, -0.05) is 39.7 Å². The summed E-state index contributed by atoms with van der Waals surface area (Å²) >= 11 is 9.45. The zero-order chi connectivity index (χ0) is 14.5. The van der Waals surface area contributed by atoms with E-state index in [-0.39, 0.29) is 12.5 Å². The third-order valence-corrected chi connectivity index (χ3v) is 3.48. The standard InChI is InChI=1S/C15H14BrClN2O/c1-10-5-6-14(13(17)7-10)18-9-15(20)19-12-4-2-3-11(16)8-12/h2-8,18H,9H2,1H3,(H,19,20). The van der Waals surface area contributed by atoms with E-state index in [1.807, 2.05) is 49.4 Å². The van der Waals surface area contributed by atoms with Gasteiger partial charge in [0.15, 0.2) is 0 Å². The Morgan fingerprint density at radius 2 is 2.05 bits per heavy atom. The van der Waals surface area contributed by atoms with E-state index in [0.717, 1.165) is 21.4 Å². The third-order valence-electron chi connectivity index (χ3n) is 2.67. The zero-order valence-electron chi connectivity index (χ0n) is 10.9. The lowest BCUT2D eigenvalue weighted by Gasteiger charge is -2.10. The molecule has 0 fully saturated rings. The number of carbonyl (C=O) groups excluding carboxylic acids is 1. The monoisotopic (exact) mass is 352 g/mol. The molecule has 0 aromatic heterocycles. The van der Waals surface area contributed by atoms with Gasteiger partial charge in [-0.25, -0.2) is 0 Å². The third kappa shape index (κ3) is 4.25. The minimum atomic E-state index is -0.125. The average Bonchev–Trinajstić information content (AvgIpc) is 2.37. The number of carbonyl (C=O) groups is 1. The number of nitrogens with one attached hydrogen (secondary N) is 2. The van der Waals surface area contributed by atoms with Crippen LogP contribution >= 0.6 is 27.5 Å². The van der Waals surface area contributed by atoms with Gasteiger partial charge in [-0.05, 0) is 42.8 Å². The van der Waals surface area contributed by atoms with Crippen molar-refractivity contribution in [3.05, 3.63) is 57.5 Å². The molecule has 0 saturated carbocycles. The molecule has 0 radical (unpaired) electrons. The molecule has 0 heterocycles. The first-order chi connectivity index (χ1) is 9.54. The van der Waals surface area contributed by atoms with Gasteiger partial charge >= 0.3 is 0 Å². The molecule has 0 spiro atoms. The first kappa shape index (κ1) is 14.9. The van der Waals surface area contributed by atoms with E-state index in [1.54, 1.807) is 0 Å². The van der Waals surface area contributed by atoms with Crippen LogP contribution in [0.5, 0.6) is 0 Å². The van der Waals surface area contributed by atoms with Crippen molar-refractivity contribution in [3.8, 4) is 0 Å². The van der Waals surface area contributed by atoms with Crippen molar-refractivity contribution < 1.29 is 4.79 Å². The molecule has 2 rings (SSSR count). The van der Waals surface area contributed by atoms with Crippen LogP contribution in [0.15, 0.2) is 46.9 Å². The van der Waals surface area contributed by atoms with Gasteiger partial charge in [0.1, 0.15) is 0 Å². The molecule has 2 aromatic rings. The van der Waals surface area contributed by atoms with Gasteiger partial charge in [-0.15, -0.1) is 0 Å². The number of anilines is 2. The first-order valence-corrected chi connectivity index (χ1v) is 7.27. The summed E-state index contributed by atoms with van der Waals surface area (Å²) in [6.45, 7) is 2.13. The fraction of sp³-hybridized carbons (Fsp3) is 0.133. The Hall–Kier alpha value is -1.52. The maximum Gasteiger partial charge on any atom is 0.243 e. The Kier molecular flexibility index (Phi) is 5.04. The van der Waals surface area contributed by atoms with Gasteiger partial charge in [0.25, 0.3) is 0 Å². The van der Waals surface area contributed by atoms with E-state index < -0.39 is 0 Å². The predicted molar refractivity (Wildman–Crippen MR) is 87.5 cm³/mol. The smallest absolute Gasteiger partial charge is 0.243 e. The lowest BCUT2D eigenvalue weighted by Crippen LogP contribution is -2.21. The Morgan fingerprint density at radius 3 is 2.75 bits per heavy atom. The summed E-state index contributed by atoms with van der Waals surface area (Å²) in [6.07, 6.45) is 0. The summed E-state index contributed by atoms with van der Waals surface area (Å²) < 4.78 is 0.921. The minimum absolute atomic E-state index is 0.125. The fourth-order valence-electron chi connectivity index (χ4n) is 1.71. The van der Waals surface area contributed by atoms with Gasteiger partial charge in [-0.2, -0.15) is 0 Å². The Labute approximate surface area is 131 Å². The van der Waals surface area contributed by atoms with Crippen LogP contribution in [-0.2, 0) is 4.79 Å². The van der Waals surface area contributed by atoms with Crippen LogP contribution in [0.4, 0.5) is 11.4 Å². The Balaban J connectivity index is 1.92. The summed E-state index contributed by atoms with van der Waals surface area (Å²) in [5.74, 6) is -0.125. The number of rotatable bonds is 4. The molecule has 0 atom stereocenters. The molecule has 0 saturated heterocycles. The highest BCUT2D eigenvalue weighted by Crippen LogP contribution is 2.22. The van der Waals surface area contributed by atoms with Crippen molar-refractivity contribution in [1.82, 2.24) is 0 Å². The molecule has 20 heavy (non-hydrogen) atoms. The van der Waals surface area contributed by atoms with Crippen molar-refractivity contribution in [2.75, 3.05) is 17.2 Å². The lowest BCUT2D eigenvalue weighted by molar-refractivity contribution is -0.114. The predicted octanol–water partition coefficient (Wildman–Crippen LogP) is 4.46. The Bertz CT molecular complexity index is 631. The fourth-order valence-corrected chi connectivity index (χ4v) is 2.41. The number of aryl methyl sites for hydroxylation is 1. The topological polar surface area (TPSA) is 41.1 Å². The number of amides is 1. The zero-order valence-corrected chi connectivity index (χ0v) is 13.3. The molecule has 0 unspecified atom stereocenters. The second kappa shape index (κ2) is 6.77. The summed E-state index contributed by atoms with van der Waals surface area (Å²) in [5.41, 5.74) is 2.59. The van der Waals surface area contributed by atoms with Crippen molar-refractivity contribution in [3.63, 3.8) is 0 Å². The molecular formula is C15H14BrClN2O. The normalized spacial score (nSPS) is 10.2. The van der Waals surface area contributed by atoms with Crippen LogP contribution in [0.2, 0.25) is 5.02 Å². The first-order valence-electron chi connectivity index (χ1n) is 6.10. The van der Waals surface area contributed by atoms with Crippen LogP contribution < -0.4 is 10.6 Å². The molecule has 3 nitrogen and oxygen atoms in total. The minimum Gasteiger partial charge on any atom is -0.375 e. The summed E-state index contributed by atoms with van der Waals surface area (Å²) in [4.78, 5) is 11.8. The van der Waals surface area contributed by atoms with Crippen LogP contribution in [-0.4, -0.2) is 12.5 Å². The molecule has 2 aromatic carbocycles. The highest BCUT2D eigenvalue weighted by atomic mass is 79.9. The second-order valence-electron chi connectivity index (χ2n) is 4.40. The molecule has 0 aliphatic heterocycles. The largest absolute Gasteiger partial charge is 0.375 e. The van der Waals surface area contributed by atoms with Gasteiger partial charge in [-0.3, -0.25) is 4.79 Å². The van der Waals surface area contributed by atoms with E-state index in [9.17, 15) is 4.79 Å². The molecule has 5 heteroatoms. The van der Waals surface area contributed by atoms with E-state index >= 15 is 0 Å². The van der Waals surface area contributed by atoms with Crippen LogP contribution in [0.1, 0.15) is 5.56 Å². The van der Waals surface area contributed by atoms with Crippen LogP contribution in [0.25, 0.3) is 0 Å². The van der Waals surface area contributed by atoms with Crippen molar-refractivity contribution in [2.24, 2.45) is 0 Å². The quantitative estimate of drug-likeness (QED) is 0.852. The highest BCUT2D eigenvalue weighted by molar-refractivity contribution is 9.10. The molecular weight excluding hydrogens is 340 g/mol. The molecule has 0 aliphatic rings. The van der Waals surface area contributed by atoms with E-state index in [1.165, 1.54) is 0 Å². The molecule has 1 amide bonds. The van der Waals surface area contributed by atoms with Crippen LogP contribution in [0.3, 0.4) is 0 Å². The average molecular weight is 354 g/mol. The van der Waals surface area contributed by atoms with Gasteiger partial charge in [0.2, 0.25) is 5.91 Å². The van der Waals surface area contributed by atoms with Crippen LogP contribution in [0, 0.1) is 6.92 Å². The molecule has 104 valence electrons. The van der Waals surface area contributed by atoms with E-state index in [0.29, 0.717) is 5.02 Å². The lowest BCUT2D eigenvalue weighted by atomic mass is 10.2. The summed E-state index contributed by atoms with van der Waals surface area (Å²) in [5, 5.41) is 6.44. The van der Waals surface area contributed by atoms with Crippen molar-refractivity contribution >= 4 is 44.8 Å². The highest BCUT2D eigenvalue weighted by Gasteiger charge is 2.05. The van der Waals surface area contributed by atoms with Crippen molar-refractivity contribution in [2.45, 2.75) is 6.92 Å². The maximum atomic E-state index is 11.8. The second-order valence-corrected chi connectivity index (χ2v) is 5.72.